The molecule has 0 aliphatic carbocycles. The van der Waals surface area contributed by atoms with E-state index in [1.54, 1.807) is 0 Å². The zero-order valence-electron chi connectivity index (χ0n) is 12.4. The molecule has 6 nitrogen and oxygen atoms in total. The van der Waals surface area contributed by atoms with Crippen molar-refractivity contribution in [2.75, 3.05) is 0 Å². The van der Waals surface area contributed by atoms with E-state index in [9.17, 15) is 18.0 Å². The predicted octanol–water partition coefficient (Wildman–Crippen LogP) is 1.83. The van der Waals surface area contributed by atoms with E-state index in [4.69, 9.17) is 10.2 Å². The fourth-order valence-electron chi connectivity index (χ4n) is 1.99. The summed E-state index contributed by atoms with van der Waals surface area (Å²) in [5, 5.41) is 17.2. The van der Waals surface area contributed by atoms with Gasteiger partial charge in [-0.3, -0.25) is 9.59 Å². The quantitative estimate of drug-likeness (QED) is 0.387. The van der Waals surface area contributed by atoms with Gasteiger partial charge in [0.2, 0.25) is 0 Å². The molecular weight excluding hydrogens is 328 g/mol. The van der Waals surface area contributed by atoms with Crippen LogP contribution in [0.4, 0.5) is 0 Å². The second kappa shape index (κ2) is 13.4. The Kier molecular flexibility index (Phi) is 12.6. The molecule has 0 amide bonds. The fraction of sp³-hybridized carbons (Fsp3) is 0.714. The Balaban J connectivity index is 3.81. The molecule has 126 valence electrons. The van der Waals surface area contributed by atoms with Crippen LogP contribution in [0.15, 0.2) is 0 Å². The molecule has 0 rings (SSSR count). The van der Waals surface area contributed by atoms with Gasteiger partial charge in [-0.1, -0.05) is 32.1 Å². The van der Waals surface area contributed by atoms with Crippen LogP contribution in [-0.4, -0.2) is 40.3 Å². The summed E-state index contributed by atoms with van der Waals surface area (Å²) in [5.74, 6) is -1.87. The van der Waals surface area contributed by atoms with Gasteiger partial charge in [-0.2, -0.15) is 0 Å². The molecule has 0 heterocycles. The van der Waals surface area contributed by atoms with Gasteiger partial charge in [0.05, 0.1) is 38.7 Å². The van der Waals surface area contributed by atoms with Gasteiger partial charge in [-0.05, 0) is 19.3 Å². The molecule has 0 aromatic rings. The number of unbranched alkanes of at least 4 members (excludes halogenated alkanes) is 6. The summed E-state index contributed by atoms with van der Waals surface area (Å²) in [6.07, 6.45) is 6.55. The molecule has 0 aromatic heterocycles. The van der Waals surface area contributed by atoms with Crippen LogP contribution in [0.5, 0.6) is 0 Å². The van der Waals surface area contributed by atoms with Crippen LogP contribution in [0.1, 0.15) is 64.2 Å². The van der Waals surface area contributed by atoms with E-state index in [0.717, 1.165) is 38.5 Å². The van der Waals surface area contributed by atoms with Crippen LogP contribution < -0.4 is 0 Å². The van der Waals surface area contributed by atoms with Gasteiger partial charge in [0.15, 0.2) is 0 Å². The Morgan fingerprint density at radius 2 is 1.09 bits per heavy atom. The third-order valence-electron chi connectivity index (χ3n) is 3.12. The summed E-state index contributed by atoms with van der Waals surface area (Å²) in [6, 6.07) is 0. The maximum Gasteiger partial charge on any atom is 0.308 e. The topological polar surface area (TPSA) is 109 Å². The molecule has 0 unspecified atom stereocenters. The average molecular weight is 350 g/mol. The molecule has 0 atom stereocenters. The molecule has 2 N–H and O–H groups in total. The number of hydrogen-bond donors (Lipinski definition) is 2. The summed E-state index contributed by atoms with van der Waals surface area (Å²) in [4.78, 5) is 21.4. The number of carboxylic acid groups (broad SMARTS) is 2. The van der Waals surface area contributed by atoms with Gasteiger partial charge in [-0.25, -0.2) is 8.42 Å². The highest BCUT2D eigenvalue weighted by atomic mass is 32.1. The summed E-state index contributed by atoms with van der Waals surface area (Å²) in [5.41, 5.74) is 0. The van der Waals surface area contributed by atoms with E-state index in [1.807, 2.05) is 0 Å². The lowest BCUT2D eigenvalue weighted by Crippen LogP contribution is -2.18. The molecule has 0 fully saturated rings. The number of aliphatic carboxylic acids is 2. The Bertz CT molecular complexity index is 476. The highest BCUT2D eigenvalue weighted by molar-refractivity contribution is 7.76. The standard InChI is InChI=1S/C14H22O6S2/c15-13(16)9-7-5-3-1-2-4-6-8-11(21-19)12(22-20)10-14(17)18/h1-10H2,(H,15,16)(H,17,18). The second-order valence-corrected chi connectivity index (χ2v) is 6.27. The first-order chi connectivity index (χ1) is 10.5. The predicted molar refractivity (Wildman–Crippen MR) is 87.7 cm³/mol. The fourth-order valence-corrected chi connectivity index (χ4v) is 2.96. The van der Waals surface area contributed by atoms with Crippen LogP contribution in [-0.2, 0) is 32.1 Å². The van der Waals surface area contributed by atoms with E-state index in [1.165, 1.54) is 0 Å². The van der Waals surface area contributed by atoms with Crippen molar-refractivity contribution in [2.45, 2.75) is 64.2 Å². The van der Waals surface area contributed by atoms with E-state index in [-0.39, 0.29) is 40.2 Å². The maximum atomic E-state index is 11.0. The van der Waals surface area contributed by atoms with Crippen molar-refractivity contribution < 1.29 is 28.2 Å². The molecule has 0 aliphatic rings. The first-order valence-corrected chi connectivity index (χ1v) is 8.74. The Morgan fingerprint density at radius 3 is 1.50 bits per heavy atom. The van der Waals surface area contributed by atoms with E-state index in [2.05, 4.69) is 0 Å². The van der Waals surface area contributed by atoms with Crippen molar-refractivity contribution in [3.05, 3.63) is 0 Å². The number of carboxylic acids is 2. The lowest BCUT2D eigenvalue weighted by molar-refractivity contribution is -0.137. The van der Waals surface area contributed by atoms with Gasteiger partial charge < -0.3 is 10.2 Å². The lowest BCUT2D eigenvalue weighted by atomic mass is 10.0. The molecule has 0 aromatic carbocycles. The van der Waals surface area contributed by atoms with E-state index >= 15 is 0 Å². The molecule has 8 heteroatoms. The van der Waals surface area contributed by atoms with Gasteiger partial charge in [0, 0.05) is 6.42 Å². The molecule has 0 bridgehead atoms. The Labute approximate surface area is 137 Å². The molecule has 0 aliphatic heterocycles. The SMILES string of the molecule is O=S=C(CCCCCCCCCC(=O)O)C(CC(=O)O)=S=O. The monoisotopic (exact) mass is 350 g/mol. The van der Waals surface area contributed by atoms with Gasteiger partial charge in [0.1, 0.15) is 0 Å². The lowest BCUT2D eigenvalue weighted by Gasteiger charge is -2.03. The Morgan fingerprint density at radius 1 is 0.636 bits per heavy atom. The largest absolute Gasteiger partial charge is 0.481 e. The molecule has 0 saturated carbocycles. The van der Waals surface area contributed by atoms with Crippen molar-refractivity contribution in [3.63, 3.8) is 0 Å². The minimum atomic E-state index is -1.11. The van der Waals surface area contributed by atoms with Crippen LogP contribution in [0, 0.1) is 0 Å². The van der Waals surface area contributed by atoms with Crippen molar-refractivity contribution in [3.8, 4) is 0 Å². The van der Waals surface area contributed by atoms with Crippen molar-refractivity contribution >= 4 is 44.2 Å². The summed E-state index contributed by atoms with van der Waals surface area (Å²) in [7, 11) is 0. The summed E-state index contributed by atoms with van der Waals surface area (Å²) >= 11 is 0.303. The average Bonchev–Trinajstić information content (AvgIpc) is 2.47. The minimum absolute atomic E-state index is 0.0906. The van der Waals surface area contributed by atoms with Crippen molar-refractivity contribution in [1.82, 2.24) is 0 Å². The van der Waals surface area contributed by atoms with Crippen molar-refractivity contribution in [1.29, 1.82) is 0 Å². The van der Waals surface area contributed by atoms with Crippen LogP contribution in [0.2, 0.25) is 0 Å². The second-order valence-electron chi connectivity index (χ2n) is 4.95. The molecule has 0 spiro atoms. The number of hydrogen-bond acceptors (Lipinski definition) is 4. The maximum absolute atomic E-state index is 11.0. The first-order valence-electron chi connectivity index (χ1n) is 7.26. The smallest absolute Gasteiger partial charge is 0.308 e. The van der Waals surface area contributed by atoms with Crippen molar-refractivity contribution in [2.24, 2.45) is 0 Å². The highest BCUT2D eigenvalue weighted by Crippen LogP contribution is 2.10. The molecular formula is C14H22O6S2. The third kappa shape index (κ3) is 11.4. The van der Waals surface area contributed by atoms with Gasteiger partial charge >= 0.3 is 11.9 Å². The minimum Gasteiger partial charge on any atom is -0.481 e. The zero-order valence-corrected chi connectivity index (χ0v) is 14.0. The number of rotatable bonds is 13. The summed E-state index contributed by atoms with van der Waals surface area (Å²) < 4.78 is 21.8. The third-order valence-corrected chi connectivity index (χ3v) is 4.49. The zero-order chi connectivity index (χ0) is 16.8. The Hall–Kier alpha value is -1.28. The van der Waals surface area contributed by atoms with Crippen LogP contribution in [0.3, 0.4) is 0 Å². The van der Waals surface area contributed by atoms with Crippen LogP contribution >= 0.6 is 0 Å². The molecule has 22 heavy (non-hydrogen) atoms. The molecule has 0 radical (unpaired) electrons. The first kappa shape index (κ1) is 20.7. The van der Waals surface area contributed by atoms with E-state index in [0.29, 0.717) is 17.7 Å². The number of carbonyl (C=O) groups is 2. The summed E-state index contributed by atoms with van der Waals surface area (Å²) in [6.45, 7) is 0. The highest BCUT2D eigenvalue weighted by Gasteiger charge is 2.12. The van der Waals surface area contributed by atoms with Gasteiger partial charge in [0.25, 0.3) is 0 Å². The van der Waals surface area contributed by atoms with Crippen LogP contribution in [0.25, 0.3) is 0 Å². The van der Waals surface area contributed by atoms with Gasteiger partial charge in [-0.15, -0.1) is 0 Å². The van der Waals surface area contributed by atoms with E-state index < -0.39 is 11.9 Å². The normalized spacial score (nSPS) is 10.0. The molecule has 0 saturated heterocycles.